The molecule has 1 aromatic rings. The molecule has 0 amide bonds. The number of hydrogen-bond acceptors (Lipinski definition) is 3. The van der Waals surface area contributed by atoms with E-state index in [0.717, 1.165) is 23.6 Å². The average Bonchev–Trinajstić information content (AvgIpc) is 2.75. The third-order valence-electron chi connectivity index (χ3n) is 4.63. The van der Waals surface area contributed by atoms with Gasteiger partial charge >= 0.3 is 0 Å². The first kappa shape index (κ1) is 14.4. The fourth-order valence-electron chi connectivity index (χ4n) is 3.60. The molecule has 2 saturated heterocycles. The van der Waals surface area contributed by atoms with E-state index >= 15 is 0 Å². The fraction of sp³-hybridized carbons (Fsp3) is 0.625. The lowest BCUT2D eigenvalue weighted by Crippen LogP contribution is -2.37. The van der Waals surface area contributed by atoms with Crippen LogP contribution >= 0.6 is 15.9 Å². The Morgan fingerprint density at radius 3 is 2.85 bits per heavy atom. The van der Waals surface area contributed by atoms with Gasteiger partial charge in [-0.3, -0.25) is 4.90 Å². The quantitative estimate of drug-likeness (QED) is 0.899. The number of fused-ring (bicyclic) bond motifs is 1. The van der Waals surface area contributed by atoms with Crippen molar-refractivity contribution in [1.82, 2.24) is 4.90 Å². The van der Waals surface area contributed by atoms with Crippen LogP contribution in [0.25, 0.3) is 0 Å². The minimum atomic E-state index is 0.0843. The molecule has 110 valence electrons. The number of halogens is 1. The van der Waals surface area contributed by atoms with Gasteiger partial charge in [0.15, 0.2) is 0 Å². The van der Waals surface area contributed by atoms with Crippen molar-refractivity contribution in [1.29, 1.82) is 0 Å². The minimum Gasteiger partial charge on any atom is -0.370 e. The van der Waals surface area contributed by atoms with Gasteiger partial charge in [-0.15, -0.1) is 0 Å². The highest BCUT2D eigenvalue weighted by Gasteiger charge is 2.29. The van der Waals surface area contributed by atoms with E-state index in [1.54, 1.807) is 0 Å². The summed E-state index contributed by atoms with van der Waals surface area (Å²) in [6, 6.07) is 7.32. The predicted octanol–water partition coefficient (Wildman–Crippen LogP) is 3.14. The van der Waals surface area contributed by atoms with Crippen LogP contribution < -0.4 is 10.6 Å². The number of anilines is 1. The van der Waals surface area contributed by atoms with Crippen molar-refractivity contribution >= 4 is 21.6 Å². The van der Waals surface area contributed by atoms with Crippen LogP contribution in [-0.4, -0.2) is 37.1 Å². The second-order valence-electron chi connectivity index (χ2n) is 6.12. The zero-order valence-corrected chi connectivity index (χ0v) is 13.8. The van der Waals surface area contributed by atoms with E-state index in [1.807, 2.05) is 0 Å². The molecule has 1 aromatic carbocycles. The topological polar surface area (TPSA) is 32.5 Å². The number of nitrogens with two attached hydrogens (primary N) is 1. The van der Waals surface area contributed by atoms with Gasteiger partial charge in [0.2, 0.25) is 0 Å². The van der Waals surface area contributed by atoms with Gasteiger partial charge in [-0.05, 0) is 50.4 Å². The van der Waals surface area contributed by atoms with Gasteiger partial charge in [0.1, 0.15) is 0 Å². The van der Waals surface area contributed by atoms with E-state index in [4.69, 9.17) is 5.73 Å². The summed E-state index contributed by atoms with van der Waals surface area (Å²) in [7, 11) is 0. The Kier molecular flexibility index (Phi) is 4.34. The Hall–Kier alpha value is -0.580. The molecule has 0 bridgehead atoms. The molecule has 2 N–H and O–H groups in total. The molecule has 0 spiro atoms. The Balaban J connectivity index is 1.89. The molecule has 3 nitrogen and oxygen atoms in total. The zero-order chi connectivity index (χ0) is 14.1. The lowest BCUT2D eigenvalue weighted by Gasteiger charge is -2.30. The van der Waals surface area contributed by atoms with Crippen LogP contribution in [0, 0.1) is 0 Å². The van der Waals surface area contributed by atoms with E-state index in [1.165, 1.54) is 43.6 Å². The Bertz CT molecular complexity index is 475. The molecule has 0 radical (unpaired) electrons. The number of benzene rings is 1. The Morgan fingerprint density at radius 2 is 2.05 bits per heavy atom. The van der Waals surface area contributed by atoms with Crippen molar-refractivity contribution in [2.75, 3.05) is 31.1 Å². The summed E-state index contributed by atoms with van der Waals surface area (Å²) < 4.78 is 1.14. The standard InChI is InChI=1S/C16H24BrN3/c1-12(18)15-6-5-13(17)10-16(15)20-9-3-8-19-7-2-4-14(19)11-20/h5-6,10,12,14H,2-4,7-9,11,18H2,1H3. The minimum absolute atomic E-state index is 0.0843. The van der Waals surface area contributed by atoms with Crippen molar-refractivity contribution in [3.8, 4) is 0 Å². The van der Waals surface area contributed by atoms with E-state index in [9.17, 15) is 0 Å². The molecule has 20 heavy (non-hydrogen) atoms. The average molecular weight is 338 g/mol. The first-order valence-corrected chi connectivity index (χ1v) is 8.48. The highest BCUT2D eigenvalue weighted by molar-refractivity contribution is 9.10. The summed E-state index contributed by atoms with van der Waals surface area (Å²) in [6.07, 6.45) is 3.95. The van der Waals surface area contributed by atoms with Gasteiger partial charge in [0, 0.05) is 41.9 Å². The number of rotatable bonds is 2. The van der Waals surface area contributed by atoms with Gasteiger partial charge in [-0.1, -0.05) is 22.0 Å². The van der Waals surface area contributed by atoms with E-state index in [-0.39, 0.29) is 6.04 Å². The summed E-state index contributed by atoms with van der Waals surface area (Å²) in [5.74, 6) is 0. The smallest absolute Gasteiger partial charge is 0.0426 e. The van der Waals surface area contributed by atoms with Crippen molar-refractivity contribution < 1.29 is 0 Å². The molecular weight excluding hydrogens is 314 g/mol. The second kappa shape index (κ2) is 6.04. The van der Waals surface area contributed by atoms with E-state index in [0.29, 0.717) is 0 Å². The van der Waals surface area contributed by atoms with Gasteiger partial charge < -0.3 is 10.6 Å². The van der Waals surface area contributed by atoms with Crippen LogP contribution in [0.1, 0.15) is 37.8 Å². The van der Waals surface area contributed by atoms with E-state index < -0.39 is 0 Å². The van der Waals surface area contributed by atoms with Gasteiger partial charge in [-0.25, -0.2) is 0 Å². The molecule has 0 aromatic heterocycles. The molecule has 2 aliphatic rings. The first-order chi connectivity index (χ1) is 9.65. The summed E-state index contributed by atoms with van der Waals surface area (Å²) in [4.78, 5) is 5.23. The predicted molar refractivity (Wildman–Crippen MR) is 88.2 cm³/mol. The number of hydrogen-bond donors (Lipinski definition) is 1. The normalized spacial score (nSPS) is 25.4. The number of nitrogens with zero attached hydrogens (tertiary/aromatic N) is 2. The Morgan fingerprint density at radius 1 is 1.25 bits per heavy atom. The monoisotopic (exact) mass is 337 g/mol. The van der Waals surface area contributed by atoms with Gasteiger partial charge in [0.25, 0.3) is 0 Å². The van der Waals surface area contributed by atoms with Gasteiger partial charge in [-0.2, -0.15) is 0 Å². The molecule has 3 rings (SSSR count). The van der Waals surface area contributed by atoms with Crippen LogP contribution in [-0.2, 0) is 0 Å². The SMILES string of the molecule is CC(N)c1ccc(Br)cc1N1CCCN2CCCC2C1. The van der Waals surface area contributed by atoms with Crippen molar-refractivity contribution in [2.45, 2.75) is 38.3 Å². The van der Waals surface area contributed by atoms with Crippen molar-refractivity contribution in [3.63, 3.8) is 0 Å². The third kappa shape index (κ3) is 2.87. The highest BCUT2D eigenvalue weighted by atomic mass is 79.9. The molecule has 0 saturated carbocycles. The molecular formula is C16H24BrN3. The maximum atomic E-state index is 6.16. The molecule has 2 heterocycles. The van der Waals surface area contributed by atoms with Crippen LogP contribution in [0.4, 0.5) is 5.69 Å². The lowest BCUT2D eigenvalue weighted by atomic mass is 10.0. The lowest BCUT2D eigenvalue weighted by molar-refractivity contribution is 0.273. The molecule has 2 aliphatic heterocycles. The third-order valence-corrected chi connectivity index (χ3v) is 5.12. The maximum absolute atomic E-state index is 6.16. The largest absolute Gasteiger partial charge is 0.370 e. The van der Waals surface area contributed by atoms with E-state index in [2.05, 4.69) is 50.9 Å². The molecule has 4 heteroatoms. The van der Waals surface area contributed by atoms with Crippen LogP contribution in [0.2, 0.25) is 0 Å². The van der Waals surface area contributed by atoms with Crippen LogP contribution in [0.5, 0.6) is 0 Å². The van der Waals surface area contributed by atoms with Gasteiger partial charge in [0.05, 0.1) is 0 Å². The summed E-state index contributed by atoms with van der Waals surface area (Å²) in [5, 5.41) is 0. The zero-order valence-electron chi connectivity index (χ0n) is 12.2. The summed E-state index contributed by atoms with van der Waals surface area (Å²) in [5.41, 5.74) is 8.75. The summed E-state index contributed by atoms with van der Waals surface area (Å²) >= 11 is 3.61. The molecule has 2 unspecified atom stereocenters. The molecule has 2 atom stereocenters. The van der Waals surface area contributed by atoms with Crippen LogP contribution in [0.3, 0.4) is 0 Å². The molecule has 2 fully saturated rings. The van der Waals surface area contributed by atoms with Crippen molar-refractivity contribution in [2.24, 2.45) is 5.73 Å². The molecule has 0 aliphatic carbocycles. The second-order valence-corrected chi connectivity index (χ2v) is 7.04. The Labute approximate surface area is 130 Å². The first-order valence-electron chi connectivity index (χ1n) is 7.69. The van der Waals surface area contributed by atoms with Crippen LogP contribution in [0.15, 0.2) is 22.7 Å². The highest BCUT2D eigenvalue weighted by Crippen LogP contribution is 2.32. The fourth-order valence-corrected chi connectivity index (χ4v) is 3.95. The maximum Gasteiger partial charge on any atom is 0.0426 e. The van der Waals surface area contributed by atoms with Crippen molar-refractivity contribution in [3.05, 3.63) is 28.2 Å². The summed E-state index contributed by atoms with van der Waals surface area (Å²) in [6.45, 7) is 6.91.